The van der Waals surface area contributed by atoms with E-state index >= 15 is 0 Å². The minimum Gasteiger partial charge on any atom is -0.294 e. The van der Waals surface area contributed by atoms with Crippen molar-refractivity contribution in [2.24, 2.45) is 0 Å². The van der Waals surface area contributed by atoms with Gasteiger partial charge in [-0.3, -0.25) is 4.79 Å². The predicted octanol–water partition coefficient (Wildman–Crippen LogP) is 4.21. The topological polar surface area (TPSA) is 17.1 Å². The van der Waals surface area contributed by atoms with Crippen molar-refractivity contribution in [1.82, 2.24) is 0 Å². The Kier molecular flexibility index (Phi) is 3.78. The fraction of sp³-hybridized carbons (Fsp3) is 0.133. The normalized spacial score (nSPS) is 10.4. The third kappa shape index (κ3) is 2.77. The Morgan fingerprint density at radius 2 is 1.94 bits per heavy atom. The van der Waals surface area contributed by atoms with E-state index in [2.05, 4.69) is 0 Å². The number of aryl methyl sites for hydroxylation is 1. The summed E-state index contributed by atoms with van der Waals surface area (Å²) in [4.78, 5) is 12.0. The average molecular weight is 263 g/mol. The highest BCUT2D eigenvalue weighted by atomic mass is 35.5. The van der Waals surface area contributed by atoms with Gasteiger partial charge in [-0.1, -0.05) is 41.4 Å². The van der Waals surface area contributed by atoms with Gasteiger partial charge in [0.1, 0.15) is 5.82 Å². The molecule has 2 aromatic rings. The monoisotopic (exact) mass is 262 g/mol. The average Bonchev–Trinajstić information content (AvgIpc) is 2.34. The number of Topliss-reactive ketones (excluding diaryl/α,β-unsaturated/α-hetero) is 1. The maximum atomic E-state index is 13.6. The van der Waals surface area contributed by atoms with E-state index in [0.717, 1.165) is 5.56 Å². The van der Waals surface area contributed by atoms with Gasteiger partial charge in [0.2, 0.25) is 0 Å². The first-order valence-electron chi connectivity index (χ1n) is 5.60. The van der Waals surface area contributed by atoms with Gasteiger partial charge in [0.05, 0.1) is 0 Å². The number of hydrogen-bond acceptors (Lipinski definition) is 1. The first-order chi connectivity index (χ1) is 8.58. The second-order valence-corrected chi connectivity index (χ2v) is 4.58. The van der Waals surface area contributed by atoms with E-state index in [1.807, 2.05) is 19.1 Å². The van der Waals surface area contributed by atoms with E-state index in [-0.39, 0.29) is 22.8 Å². The summed E-state index contributed by atoms with van der Waals surface area (Å²) in [5.41, 5.74) is 1.83. The van der Waals surface area contributed by atoms with Crippen molar-refractivity contribution in [1.29, 1.82) is 0 Å². The molecule has 3 heteroatoms. The Balaban J connectivity index is 2.27. The van der Waals surface area contributed by atoms with Gasteiger partial charge in [-0.05, 0) is 25.1 Å². The van der Waals surface area contributed by atoms with Crippen molar-refractivity contribution < 1.29 is 9.18 Å². The minimum atomic E-state index is -0.441. The van der Waals surface area contributed by atoms with Crippen LogP contribution in [0.5, 0.6) is 0 Å². The van der Waals surface area contributed by atoms with Gasteiger partial charge in [0.25, 0.3) is 0 Å². The van der Waals surface area contributed by atoms with E-state index in [4.69, 9.17) is 11.6 Å². The number of benzene rings is 2. The van der Waals surface area contributed by atoms with Crippen molar-refractivity contribution in [3.63, 3.8) is 0 Å². The van der Waals surface area contributed by atoms with Crippen LogP contribution in [0.3, 0.4) is 0 Å². The zero-order valence-electron chi connectivity index (χ0n) is 9.91. The molecule has 0 radical (unpaired) electrons. The highest BCUT2D eigenvalue weighted by Gasteiger charge is 2.13. The van der Waals surface area contributed by atoms with Crippen LogP contribution >= 0.6 is 11.6 Å². The molecule has 2 aromatic carbocycles. The van der Waals surface area contributed by atoms with Gasteiger partial charge in [-0.15, -0.1) is 0 Å². The number of carbonyl (C=O) groups excluding carboxylic acids is 1. The fourth-order valence-corrected chi connectivity index (χ4v) is 2.01. The first kappa shape index (κ1) is 12.8. The summed E-state index contributed by atoms with van der Waals surface area (Å²) < 4.78 is 13.6. The van der Waals surface area contributed by atoms with Crippen LogP contribution in [0.25, 0.3) is 0 Å². The molecule has 0 heterocycles. The van der Waals surface area contributed by atoms with Crippen LogP contribution in [0, 0.1) is 12.7 Å². The molecule has 92 valence electrons. The summed E-state index contributed by atoms with van der Waals surface area (Å²) in [5.74, 6) is -0.575. The van der Waals surface area contributed by atoms with Crippen molar-refractivity contribution in [3.05, 3.63) is 70.0 Å². The van der Waals surface area contributed by atoms with E-state index < -0.39 is 5.82 Å². The second-order valence-electron chi connectivity index (χ2n) is 4.17. The second kappa shape index (κ2) is 5.32. The third-order valence-corrected chi connectivity index (χ3v) is 3.09. The quantitative estimate of drug-likeness (QED) is 0.757. The van der Waals surface area contributed by atoms with Crippen molar-refractivity contribution in [2.75, 3.05) is 0 Å². The molecule has 1 nitrogen and oxygen atoms in total. The highest BCUT2D eigenvalue weighted by Crippen LogP contribution is 2.21. The van der Waals surface area contributed by atoms with E-state index in [9.17, 15) is 9.18 Å². The lowest BCUT2D eigenvalue weighted by Crippen LogP contribution is -2.06. The number of rotatable bonds is 3. The summed E-state index contributed by atoms with van der Waals surface area (Å²) in [7, 11) is 0. The summed E-state index contributed by atoms with van der Waals surface area (Å²) in [6.07, 6.45) is -0.0189. The van der Waals surface area contributed by atoms with Crippen LogP contribution < -0.4 is 0 Å². The molecule has 0 N–H and O–H groups in total. The first-order valence-corrected chi connectivity index (χ1v) is 5.98. The largest absolute Gasteiger partial charge is 0.294 e. The molecule has 0 spiro atoms. The Morgan fingerprint density at radius 3 is 2.61 bits per heavy atom. The predicted molar refractivity (Wildman–Crippen MR) is 70.6 cm³/mol. The fourth-order valence-electron chi connectivity index (χ4n) is 1.78. The van der Waals surface area contributed by atoms with Gasteiger partial charge in [0.15, 0.2) is 5.78 Å². The Labute approximate surface area is 110 Å². The van der Waals surface area contributed by atoms with Gasteiger partial charge in [-0.2, -0.15) is 0 Å². The molecule has 0 aliphatic rings. The molecule has 0 bridgehead atoms. The molecular weight excluding hydrogens is 251 g/mol. The lowest BCUT2D eigenvalue weighted by Gasteiger charge is -2.06. The maximum Gasteiger partial charge on any atom is 0.167 e. The SMILES string of the molecule is Cc1cccc(C(=O)Cc2c(F)cccc2Cl)c1. The number of hydrogen-bond donors (Lipinski definition) is 0. The zero-order chi connectivity index (χ0) is 13.1. The van der Waals surface area contributed by atoms with Crippen molar-refractivity contribution >= 4 is 17.4 Å². The van der Waals surface area contributed by atoms with Crippen LogP contribution in [0.2, 0.25) is 5.02 Å². The lowest BCUT2D eigenvalue weighted by molar-refractivity contribution is 0.0991. The number of carbonyl (C=O) groups is 1. The highest BCUT2D eigenvalue weighted by molar-refractivity contribution is 6.31. The molecule has 0 aliphatic heterocycles. The van der Waals surface area contributed by atoms with E-state index in [1.54, 1.807) is 18.2 Å². The van der Waals surface area contributed by atoms with Gasteiger partial charge in [-0.25, -0.2) is 4.39 Å². The molecule has 0 saturated heterocycles. The lowest BCUT2D eigenvalue weighted by atomic mass is 10.0. The molecule has 0 fully saturated rings. The minimum absolute atomic E-state index is 0.0189. The molecular formula is C15H12ClFO. The Bertz CT molecular complexity index is 573. The molecule has 0 unspecified atom stereocenters. The smallest absolute Gasteiger partial charge is 0.167 e. The van der Waals surface area contributed by atoms with Gasteiger partial charge >= 0.3 is 0 Å². The molecule has 18 heavy (non-hydrogen) atoms. The molecule has 0 saturated carbocycles. The number of ketones is 1. The van der Waals surface area contributed by atoms with Crippen LogP contribution in [0.1, 0.15) is 21.5 Å². The number of halogens is 2. The molecule has 0 aliphatic carbocycles. The van der Waals surface area contributed by atoms with E-state index in [0.29, 0.717) is 5.56 Å². The summed E-state index contributed by atoms with van der Waals surface area (Å²) in [5, 5.41) is 0.288. The Morgan fingerprint density at radius 1 is 1.22 bits per heavy atom. The van der Waals surface area contributed by atoms with Crippen LogP contribution in [0.15, 0.2) is 42.5 Å². The van der Waals surface area contributed by atoms with Crippen LogP contribution in [-0.2, 0) is 6.42 Å². The van der Waals surface area contributed by atoms with Crippen molar-refractivity contribution in [3.8, 4) is 0 Å². The van der Waals surface area contributed by atoms with Gasteiger partial charge in [0, 0.05) is 22.6 Å². The van der Waals surface area contributed by atoms with Crippen LogP contribution in [-0.4, -0.2) is 5.78 Å². The zero-order valence-corrected chi connectivity index (χ0v) is 10.7. The maximum absolute atomic E-state index is 13.6. The molecule has 0 amide bonds. The van der Waals surface area contributed by atoms with Gasteiger partial charge < -0.3 is 0 Å². The summed E-state index contributed by atoms with van der Waals surface area (Å²) in [6, 6.07) is 11.7. The molecule has 0 atom stereocenters. The third-order valence-electron chi connectivity index (χ3n) is 2.74. The molecule has 2 rings (SSSR count). The summed E-state index contributed by atoms with van der Waals surface area (Å²) >= 11 is 5.90. The van der Waals surface area contributed by atoms with Crippen LogP contribution in [0.4, 0.5) is 4.39 Å². The molecule has 0 aromatic heterocycles. The van der Waals surface area contributed by atoms with Crippen molar-refractivity contribution in [2.45, 2.75) is 13.3 Å². The Hall–Kier alpha value is -1.67. The summed E-state index contributed by atoms with van der Waals surface area (Å²) in [6.45, 7) is 1.91. The van der Waals surface area contributed by atoms with E-state index in [1.165, 1.54) is 12.1 Å². The standard InChI is InChI=1S/C15H12ClFO/c1-10-4-2-5-11(8-10)15(18)9-12-13(16)6-3-7-14(12)17/h2-8H,9H2,1H3.